The number of nitrogens with one attached hydrogen (secondary N) is 1. The molecule has 0 aromatic rings. The molecule has 0 unspecified atom stereocenters. The quantitative estimate of drug-likeness (QED) is 0.785. The Morgan fingerprint density at radius 2 is 1.94 bits per heavy atom. The highest BCUT2D eigenvalue weighted by atomic mass is 35.5. The van der Waals surface area contributed by atoms with E-state index in [1.807, 2.05) is 0 Å². The zero-order chi connectivity index (χ0) is 13.6. The summed E-state index contributed by atoms with van der Waals surface area (Å²) in [5.41, 5.74) is -0.526. The Kier molecular flexibility index (Phi) is 6.31. The van der Waals surface area contributed by atoms with Crippen LogP contribution in [0, 0.1) is 0 Å². The van der Waals surface area contributed by atoms with Crippen molar-refractivity contribution in [3.8, 4) is 0 Å². The van der Waals surface area contributed by atoms with Gasteiger partial charge in [0.25, 0.3) is 0 Å². The van der Waals surface area contributed by atoms with Gasteiger partial charge >= 0.3 is 6.09 Å². The van der Waals surface area contributed by atoms with Crippen LogP contribution in [0.4, 0.5) is 4.79 Å². The van der Waals surface area contributed by atoms with Crippen LogP contribution in [-0.4, -0.2) is 48.0 Å². The summed E-state index contributed by atoms with van der Waals surface area (Å²) in [5, 5.41) is 2.65. The summed E-state index contributed by atoms with van der Waals surface area (Å²) in [6, 6.07) is -0.193. The van der Waals surface area contributed by atoms with E-state index in [1.165, 1.54) is 4.90 Å². The van der Waals surface area contributed by atoms with E-state index in [2.05, 4.69) is 5.32 Å². The lowest BCUT2D eigenvalue weighted by molar-refractivity contribution is -0.127. The lowest BCUT2D eigenvalue weighted by Gasteiger charge is -2.24. The molecule has 0 aromatic carbocycles. The summed E-state index contributed by atoms with van der Waals surface area (Å²) in [7, 11) is 1.64. The molecule has 0 aromatic heterocycles. The second kappa shape index (κ2) is 6.69. The van der Waals surface area contributed by atoms with Crippen molar-refractivity contribution in [2.24, 2.45) is 0 Å². The molecule has 1 atom stereocenters. The number of carbonyl (C=O) groups excluding carboxylic acids is 2. The van der Waals surface area contributed by atoms with Crippen molar-refractivity contribution in [3.05, 3.63) is 0 Å². The van der Waals surface area contributed by atoms with Crippen molar-refractivity contribution in [1.29, 1.82) is 0 Å². The molecular formula is C11H21ClN2O3. The summed E-state index contributed by atoms with van der Waals surface area (Å²) in [6.45, 7) is 7.56. The van der Waals surface area contributed by atoms with Crippen molar-refractivity contribution < 1.29 is 14.3 Å². The van der Waals surface area contributed by atoms with E-state index in [9.17, 15) is 9.59 Å². The predicted octanol–water partition coefficient (Wildman–Crippen LogP) is 1.60. The van der Waals surface area contributed by atoms with Gasteiger partial charge in [0.1, 0.15) is 11.5 Å². The van der Waals surface area contributed by atoms with Gasteiger partial charge in [-0.15, -0.1) is 11.6 Å². The minimum atomic E-state index is -0.526. The Balaban J connectivity index is 4.06. The number of hydrogen-bond acceptors (Lipinski definition) is 3. The first kappa shape index (κ1) is 16.0. The predicted molar refractivity (Wildman–Crippen MR) is 67.2 cm³/mol. The fourth-order valence-electron chi connectivity index (χ4n) is 1.17. The van der Waals surface area contributed by atoms with E-state index in [4.69, 9.17) is 16.3 Å². The Bertz CT molecular complexity index is 276. The average molecular weight is 265 g/mol. The Hall–Kier alpha value is -0.970. The fraction of sp³-hybridized carbons (Fsp3) is 0.818. The summed E-state index contributed by atoms with van der Waals surface area (Å²) in [6.07, 6.45) is -0.489. The zero-order valence-electron chi connectivity index (χ0n) is 11.0. The van der Waals surface area contributed by atoms with Crippen LogP contribution in [0.1, 0.15) is 27.7 Å². The van der Waals surface area contributed by atoms with E-state index in [-0.39, 0.29) is 17.8 Å². The molecule has 1 N–H and O–H groups in total. The van der Waals surface area contributed by atoms with Gasteiger partial charge in [0.05, 0.1) is 0 Å². The van der Waals surface area contributed by atoms with Crippen LogP contribution in [-0.2, 0) is 9.53 Å². The van der Waals surface area contributed by atoms with Gasteiger partial charge in [-0.3, -0.25) is 4.79 Å². The molecule has 0 heterocycles. The van der Waals surface area contributed by atoms with Crippen LogP contribution in [0.3, 0.4) is 0 Å². The molecule has 0 aliphatic rings. The van der Waals surface area contributed by atoms with Crippen molar-refractivity contribution in [1.82, 2.24) is 10.2 Å². The summed E-state index contributed by atoms with van der Waals surface area (Å²) in [5.74, 6) is -0.236. The van der Waals surface area contributed by atoms with E-state index in [1.54, 1.807) is 34.7 Å². The number of halogens is 1. The third-order valence-electron chi connectivity index (χ3n) is 1.85. The maximum absolute atomic E-state index is 11.4. The lowest BCUT2D eigenvalue weighted by Crippen LogP contribution is -2.44. The second-order valence-corrected chi connectivity index (χ2v) is 5.22. The van der Waals surface area contributed by atoms with Gasteiger partial charge in [0, 0.05) is 19.6 Å². The third kappa shape index (κ3) is 7.85. The number of carbonyl (C=O) groups is 2. The van der Waals surface area contributed by atoms with E-state index < -0.39 is 11.7 Å². The molecule has 2 amide bonds. The van der Waals surface area contributed by atoms with Crippen LogP contribution >= 0.6 is 11.6 Å². The van der Waals surface area contributed by atoms with Gasteiger partial charge in [0.2, 0.25) is 5.91 Å². The zero-order valence-corrected chi connectivity index (χ0v) is 11.8. The van der Waals surface area contributed by atoms with Crippen molar-refractivity contribution in [2.45, 2.75) is 39.3 Å². The van der Waals surface area contributed by atoms with E-state index in [0.29, 0.717) is 6.54 Å². The molecule has 0 rings (SSSR count). The average Bonchev–Trinajstić information content (AvgIpc) is 2.12. The van der Waals surface area contributed by atoms with E-state index in [0.717, 1.165) is 0 Å². The smallest absolute Gasteiger partial charge is 0.407 e. The van der Waals surface area contributed by atoms with Gasteiger partial charge in [-0.25, -0.2) is 4.79 Å². The molecule has 17 heavy (non-hydrogen) atoms. The highest BCUT2D eigenvalue weighted by molar-refractivity contribution is 6.27. The fourth-order valence-corrected chi connectivity index (χ4v) is 1.37. The molecule has 0 spiro atoms. The largest absolute Gasteiger partial charge is 0.444 e. The van der Waals surface area contributed by atoms with Crippen molar-refractivity contribution >= 4 is 23.6 Å². The minimum absolute atomic E-state index is 0.0599. The number of nitrogens with zero attached hydrogens (tertiary/aromatic N) is 1. The number of ether oxygens (including phenoxy) is 1. The van der Waals surface area contributed by atoms with Gasteiger partial charge < -0.3 is 15.0 Å². The molecule has 100 valence electrons. The van der Waals surface area contributed by atoms with Crippen molar-refractivity contribution in [2.75, 3.05) is 19.5 Å². The molecule has 0 radical (unpaired) electrons. The monoisotopic (exact) mass is 264 g/mol. The molecule has 0 bridgehead atoms. The maximum Gasteiger partial charge on any atom is 0.407 e. The van der Waals surface area contributed by atoms with Gasteiger partial charge in [0.15, 0.2) is 0 Å². The van der Waals surface area contributed by atoms with Gasteiger partial charge in [-0.1, -0.05) is 0 Å². The summed E-state index contributed by atoms with van der Waals surface area (Å²) < 4.78 is 5.10. The molecule has 5 nitrogen and oxygen atoms in total. The molecule has 0 aliphatic heterocycles. The third-order valence-corrected chi connectivity index (χ3v) is 2.08. The minimum Gasteiger partial charge on any atom is -0.444 e. The van der Waals surface area contributed by atoms with Gasteiger partial charge in [-0.2, -0.15) is 0 Å². The number of hydrogen-bond donors (Lipinski definition) is 1. The van der Waals surface area contributed by atoms with Crippen LogP contribution in [0.25, 0.3) is 0 Å². The first-order valence-corrected chi connectivity index (χ1v) is 5.98. The van der Waals surface area contributed by atoms with Crippen LogP contribution in [0.15, 0.2) is 0 Å². The lowest BCUT2D eigenvalue weighted by atomic mass is 10.2. The highest BCUT2D eigenvalue weighted by Crippen LogP contribution is 2.06. The number of alkyl carbamates (subject to hydrolysis) is 1. The molecule has 0 saturated carbocycles. The summed E-state index contributed by atoms with van der Waals surface area (Å²) in [4.78, 5) is 24.1. The van der Waals surface area contributed by atoms with Crippen LogP contribution < -0.4 is 5.32 Å². The molecule has 0 fully saturated rings. The topological polar surface area (TPSA) is 58.6 Å². The number of rotatable bonds is 4. The first-order chi connectivity index (χ1) is 7.65. The van der Waals surface area contributed by atoms with E-state index >= 15 is 0 Å². The van der Waals surface area contributed by atoms with Crippen LogP contribution in [0.5, 0.6) is 0 Å². The van der Waals surface area contributed by atoms with Crippen LogP contribution in [0.2, 0.25) is 0 Å². The summed E-state index contributed by atoms with van der Waals surface area (Å²) >= 11 is 5.42. The molecule has 0 saturated heterocycles. The number of alkyl halides is 1. The first-order valence-electron chi connectivity index (χ1n) is 5.45. The Labute approximate surface area is 107 Å². The van der Waals surface area contributed by atoms with Crippen molar-refractivity contribution in [3.63, 3.8) is 0 Å². The van der Waals surface area contributed by atoms with Gasteiger partial charge in [-0.05, 0) is 27.7 Å². The SMILES string of the molecule is C[C@@H](CN(C)C(=O)CCl)NC(=O)OC(C)(C)C. The number of amides is 2. The Morgan fingerprint density at radius 1 is 1.41 bits per heavy atom. The molecular weight excluding hydrogens is 244 g/mol. The molecule has 6 heteroatoms. The number of likely N-dealkylation sites (N-methyl/N-ethyl adjacent to an activating group) is 1. The standard InChI is InChI=1S/C11H21ClN2O3/c1-8(7-14(5)9(15)6-12)13-10(16)17-11(2,3)4/h8H,6-7H2,1-5H3,(H,13,16)/t8-/m0/s1. The maximum atomic E-state index is 11.4. The second-order valence-electron chi connectivity index (χ2n) is 4.96. The molecule has 0 aliphatic carbocycles. The Morgan fingerprint density at radius 3 is 2.35 bits per heavy atom. The highest BCUT2D eigenvalue weighted by Gasteiger charge is 2.19. The normalized spacial score (nSPS) is 12.8.